The number of carbonyl (C=O) groups is 1. The molecule has 0 bridgehead atoms. The molecule has 1 amide bonds. The molecule has 0 aliphatic carbocycles. The van der Waals surface area contributed by atoms with Gasteiger partial charge in [-0.05, 0) is 62.2 Å². The molecule has 0 aromatic heterocycles. The van der Waals surface area contributed by atoms with Crippen molar-refractivity contribution in [3.63, 3.8) is 0 Å². The second-order valence-corrected chi connectivity index (χ2v) is 8.50. The summed E-state index contributed by atoms with van der Waals surface area (Å²) >= 11 is 0. The van der Waals surface area contributed by atoms with E-state index in [9.17, 15) is 13.2 Å². The first-order chi connectivity index (χ1) is 12.9. The maximum absolute atomic E-state index is 12.8. The number of carbonyl (C=O) groups excluding carboxylic acids is 1. The Hall–Kier alpha value is -2.09. The van der Waals surface area contributed by atoms with Crippen LogP contribution in [0, 0.1) is 13.8 Å². The van der Waals surface area contributed by atoms with E-state index in [2.05, 4.69) is 10.0 Å². The zero-order chi connectivity index (χ0) is 19.4. The molecular formula is C20H26ClN3O3S. The zero-order valence-corrected chi connectivity index (χ0v) is 17.7. The second-order valence-electron chi connectivity index (χ2n) is 6.85. The molecule has 1 aliphatic rings. The average Bonchev–Trinajstić information content (AvgIpc) is 2.92. The van der Waals surface area contributed by atoms with Crippen LogP contribution in [0.25, 0.3) is 0 Å². The van der Waals surface area contributed by atoms with E-state index in [4.69, 9.17) is 0 Å². The van der Waals surface area contributed by atoms with Crippen molar-refractivity contribution in [3.05, 3.63) is 59.2 Å². The minimum absolute atomic E-state index is 0. The number of nitrogens with zero attached hydrogens (tertiary/aromatic N) is 1. The van der Waals surface area contributed by atoms with Crippen molar-refractivity contribution < 1.29 is 13.2 Å². The Morgan fingerprint density at radius 3 is 2.64 bits per heavy atom. The van der Waals surface area contributed by atoms with Gasteiger partial charge in [0.2, 0.25) is 0 Å². The van der Waals surface area contributed by atoms with Gasteiger partial charge in [0.15, 0.2) is 0 Å². The highest BCUT2D eigenvalue weighted by molar-refractivity contribution is 7.92. The fraction of sp³-hybridized carbons (Fsp3) is 0.350. The van der Waals surface area contributed by atoms with Gasteiger partial charge in [0.1, 0.15) is 0 Å². The molecule has 2 N–H and O–H groups in total. The van der Waals surface area contributed by atoms with Gasteiger partial charge in [-0.3, -0.25) is 9.52 Å². The van der Waals surface area contributed by atoms with E-state index in [0.717, 1.165) is 25.1 Å². The molecule has 0 radical (unpaired) electrons. The van der Waals surface area contributed by atoms with Gasteiger partial charge in [0.05, 0.1) is 4.90 Å². The van der Waals surface area contributed by atoms with Crippen molar-refractivity contribution in [2.24, 2.45) is 0 Å². The Bertz CT molecular complexity index is 939. The van der Waals surface area contributed by atoms with Gasteiger partial charge in [-0.25, -0.2) is 8.42 Å². The van der Waals surface area contributed by atoms with Gasteiger partial charge >= 0.3 is 0 Å². The Kier molecular flexibility index (Phi) is 7.46. The third-order valence-corrected chi connectivity index (χ3v) is 6.15. The van der Waals surface area contributed by atoms with Crippen LogP contribution in [0.3, 0.4) is 0 Å². The zero-order valence-electron chi connectivity index (χ0n) is 16.1. The number of hydrogen-bond acceptors (Lipinski definition) is 4. The molecule has 0 saturated carbocycles. The van der Waals surface area contributed by atoms with Crippen molar-refractivity contribution >= 4 is 34.0 Å². The molecule has 1 saturated heterocycles. The number of anilines is 1. The molecule has 0 atom stereocenters. The molecule has 1 fully saturated rings. The van der Waals surface area contributed by atoms with Gasteiger partial charge < -0.3 is 10.2 Å². The lowest BCUT2D eigenvalue weighted by molar-refractivity contribution is 0.0766. The van der Waals surface area contributed by atoms with E-state index in [1.165, 1.54) is 0 Å². The fourth-order valence-electron chi connectivity index (χ4n) is 3.15. The summed E-state index contributed by atoms with van der Waals surface area (Å²) in [6, 6.07) is 12.0. The third kappa shape index (κ3) is 5.25. The van der Waals surface area contributed by atoms with E-state index in [0.29, 0.717) is 29.9 Å². The standard InChI is InChI=1S/C20H25N3O3S.ClH/c1-15-7-8-16(2)19(13-15)27(25,26)22-18-6-3-5-17(14-18)20(24)23-11-4-9-21-10-12-23;/h3,5-8,13-14,21-22H,4,9-12H2,1-2H3;1H. The summed E-state index contributed by atoms with van der Waals surface area (Å²) in [6.07, 6.45) is 0.907. The molecule has 8 heteroatoms. The minimum Gasteiger partial charge on any atom is -0.337 e. The molecule has 2 aromatic rings. The predicted molar refractivity (Wildman–Crippen MR) is 114 cm³/mol. The first-order valence-electron chi connectivity index (χ1n) is 9.07. The number of hydrogen-bond donors (Lipinski definition) is 2. The van der Waals surface area contributed by atoms with Crippen LogP contribution in [-0.4, -0.2) is 45.4 Å². The van der Waals surface area contributed by atoms with Crippen molar-refractivity contribution in [1.82, 2.24) is 10.2 Å². The molecule has 0 unspecified atom stereocenters. The number of amides is 1. The van der Waals surface area contributed by atoms with E-state index >= 15 is 0 Å². The number of halogens is 1. The van der Waals surface area contributed by atoms with Gasteiger partial charge in [-0.15, -0.1) is 12.4 Å². The van der Waals surface area contributed by atoms with Gasteiger partial charge in [-0.2, -0.15) is 0 Å². The Morgan fingerprint density at radius 2 is 1.86 bits per heavy atom. The highest BCUT2D eigenvalue weighted by Gasteiger charge is 2.20. The molecule has 0 spiro atoms. The maximum Gasteiger partial charge on any atom is 0.262 e. The first kappa shape index (κ1) is 22.2. The highest BCUT2D eigenvalue weighted by atomic mass is 35.5. The quantitative estimate of drug-likeness (QED) is 0.792. The highest BCUT2D eigenvalue weighted by Crippen LogP contribution is 2.21. The van der Waals surface area contributed by atoms with Crippen LogP contribution in [0.2, 0.25) is 0 Å². The van der Waals surface area contributed by atoms with Crippen molar-refractivity contribution in [2.75, 3.05) is 30.9 Å². The molecule has 2 aromatic carbocycles. The van der Waals surface area contributed by atoms with Crippen LogP contribution in [0.1, 0.15) is 27.9 Å². The maximum atomic E-state index is 12.8. The van der Waals surface area contributed by atoms with E-state index in [-0.39, 0.29) is 23.2 Å². The van der Waals surface area contributed by atoms with E-state index in [1.54, 1.807) is 48.2 Å². The van der Waals surface area contributed by atoms with Crippen LogP contribution in [0.15, 0.2) is 47.4 Å². The summed E-state index contributed by atoms with van der Waals surface area (Å²) in [5.74, 6) is -0.0773. The summed E-state index contributed by atoms with van der Waals surface area (Å²) in [7, 11) is -3.72. The predicted octanol–water partition coefficient (Wildman–Crippen LogP) is 2.96. The number of benzene rings is 2. The fourth-order valence-corrected chi connectivity index (χ4v) is 4.53. The molecule has 1 heterocycles. The minimum atomic E-state index is -3.72. The van der Waals surface area contributed by atoms with E-state index in [1.807, 2.05) is 13.0 Å². The summed E-state index contributed by atoms with van der Waals surface area (Å²) < 4.78 is 28.2. The number of aryl methyl sites for hydroxylation is 2. The largest absolute Gasteiger partial charge is 0.337 e. The SMILES string of the molecule is Cc1ccc(C)c(S(=O)(=O)Nc2cccc(C(=O)N3CCCNCC3)c2)c1.Cl. The second kappa shape index (κ2) is 9.41. The lowest BCUT2D eigenvalue weighted by Gasteiger charge is -2.20. The lowest BCUT2D eigenvalue weighted by Crippen LogP contribution is -2.34. The first-order valence-corrected chi connectivity index (χ1v) is 10.6. The topological polar surface area (TPSA) is 78.5 Å². The van der Waals surface area contributed by atoms with Crippen LogP contribution >= 0.6 is 12.4 Å². The van der Waals surface area contributed by atoms with Crippen LogP contribution in [-0.2, 0) is 10.0 Å². The smallest absolute Gasteiger partial charge is 0.262 e. The normalized spacial score (nSPS) is 14.7. The van der Waals surface area contributed by atoms with E-state index < -0.39 is 10.0 Å². The summed E-state index contributed by atoms with van der Waals surface area (Å²) in [5.41, 5.74) is 2.42. The number of nitrogens with one attached hydrogen (secondary N) is 2. The molecule has 6 nitrogen and oxygen atoms in total. The Morgan fingerprint density at radius 1 is 1.07 bits per heavy atom. The Balaban J connectivity index is 0.00000280. The summed E-state index contributed by atoms with van der Waals surface area (Å²) in [5, 5.41) is 3.27. The lowest BCUT2D eigenvalue weighted by atomic mass is 10.1. The van der Waals surface area contributed by atoms with Crippen molar-refractivity contribution in [2.45, 2.75) is 25.2 Å². The van der Waals surface area contributed by atoms with Crippen molar-refractivity contribution in [1.29, 1.82) is 0 Å². The number of sulfonamides is 1. The van der Waals surface area contributed by atoms with Gasteiger partial charge in [0.25, 0.3) is 15.9 Å². The molecule has 28 heavy (non-hydrogen) atoms. The monoisotopic (exact) mass is 423 g/mol. The Labute approximate surface area is 172 Å². The molecule has 3 rings (SSSR count). The third-order valence-electron chi connectivity index (χ3n) is 4.62. The number of rotatable bonds is 4. The molecule has 152 valence electrons. The van der Waals surface area contributed by atoms with Crippen LogP contribution < -0.4 is 10.0 Å². The van der Waals surface area contributed by atoms with Crippen LogP contribution in [0.5, 0.6) is 0 Å². The van der Waals surface area contributed by atoms with Crippen LogP contribution in [0.4, 0.5) is 5.69 Å². The summed E-state index contributed by atoms with van der Waals surface area (Å²) in [6.45, 7) is 6.64. The van der Waals surface area contributed by atoms with Gasteiger partial charge in [-0.1, -0.05) is 18.2 Å². The molecule has 1 aliphatic heterocycles. The average molecular weight is 424 g/mol. The summed E-state index contributed by atoms with van der Waals surface area (Å²) in [4.78, 5) is 14.8. The van der Waals surface area contributed by atoms with Crippen molar-refractivity contribution in [3.8, 4) is 0 Å². The van der Waals surface area contributed by atoms with Gasteiger partial charge in [0, 0.05) is 30.9 Å². The molecular weight excluding hydrogens is 398 g/mol.